The van der Waals surface area contributed by atoms with Crippen LogP contribution in [0.1, 0.15) is 26.5 Å². The van der Waals surface area contributed by atoms with Gasteiger partial charge in [0, 0.05) is 11.4 Å². The van der Waals surface area contributed by atoms with Gasteiger partial charge in [0.1, 0.15) is 5.15 Å². The highest BCUT2D eigenvalue weighted by atomic mass is 35.5. The van der Waals surface area contributed by atoms with Crippen LogP contribution in [0, 0.1) is 0 Å². The van der Waals surface area contributed by atoms with E-state index in [1.807, 2.05) is 19.9 Å². The van der Waals surface area contributed by atoms with Gasteiger partial charge >= 0.3 is 7.40 Å². The van der Waals surface area contributed by atoms with Gasteiger partial charge in [-0.25, -0.2) is 0 Å². The average molecular weight is 269 g/mol. The molecule has 0 aromatic carbocycles. The van der Waals surface area contributed by atoms with Crippen LogP contribution < -0.4 is 0 Å². The molecule has 0 bridgehead atoms. The van der Waals surface area contributed by atoms with Crippen LogP contribution in [-0.2, 0) is 0 Å². The highest BCUT2D eigenvalue weighted by molar-refractivity contribution is 6.45. The van der Waals surface area contributed by atoms with Crippen LogP contribution in [0.2, 0.25) is 5.15 Å². The first-order valence-corrected chi connectivity index (χ1v) is 5.89. The van der Waals surface area contributed by atoms with E-state index in [-0.39, 0.29) is 5.15 Å². The van der Waals surface area contributed by atoms with Gasteiger partial charge in [0.25, 0.3) is 0 Å². The monoisotopic (exact) mass is 268 g/mol. The molecule has 1 aromatic heterocycles. The SMILES string of the molecule is CC1=CC(C)=N/C1=C(/C)c1ccc(Cl)n1B(F)F. The van der Waals surface area contributed by atoms with Crippen molar-refractivity contribution in [3.63, 3.8) is 0 Å². The molecule has 0 saturated carbocycles. The van der Waals surface area contributed by atoms with Crippen molar-refractivity contribution >= 4 is 30.3 Å². The average Bonchev–Trinajstić information content (AvgIpc) is 2.80. The molecule has 18 heavy (non-hydrogen) atoms. The van der Waals surface area contributed by atoms with Crippen molar-refractivity contribution < 1.29 is 8.63 Å². The fourth-order valence-corrected chi connectivity index (χ4v) is 2.33. The third kappa shape index (κ3) is 2.15. The van der Waals surface area contributed by atoms with Crippen molar-refractivity contribution in [2.45, 2.75) is 20.8 Å². The van der Waals surface area contributed by atoms with E-state index in [2.05, 4.69) is 4.99 Å². The van der Waals surface area contributed by atoms with E-state index in [0.717, 1.165) is 21.5 Å². The van der Waals surface area contributed by atoms with Gasteiger partial charge in [0.15, 0.2) is 0 Å². The van der Waals surface area contributed by atoms with E-state index < -0.39 is 7.40 Å². The Morgan fingerprint density at radius 3 is 2.50 bits per heavy atom. The van der Waals surface area contributed by atoms with E-state index in [0.29, 0.717) is 11.3 Å². The Balaban J connectivity index is 2.57. The van der Waals surface area contributed by atoms with Gasteiger partial charge in [0.2, 0.25) is 0 Å². The smallest absolute Gasteiger partial charge is 0.316 e. The molecule has 1 aliphatic rings. The van der Waals surface area contributed by atoms with Gasteiger partial charge in [-0.3, -0.25) is 13.6 Å². The Morgan fingerprint density at radius 1 is 1.33 bits per heavy atom. The minimum atomic E-state index is -2.66. The van der Waals surface area contributed by atoms with Crippen molar-refractivity contribution in [3.8, 4) is 0 Å². The maximum absolute atomic E-state index is 12.9. The summed E-state index contributed by atoms with van der Waals surface area (Å²) in [4.78, 5) is 4.36. The van der Waals surface area contributed by atoms with Gasteiger partial charge in [-0.1, -0.05) is 11.6 Å². The number of aromatic nitrogens is 1. The Labute approximate surface area is 110 Å². The fraction of sp³-hybridized carbons (Fsp3) is 0.250. The summed E-state index contributed by atoms with van der Waals surface area (Å²) in [5, 5.41) is 0.0280. The molecule has 0 radical (unpaired) electrons. The quantitative estimate of drug-likeness (QED) is 0.720. The summed E-state index contributed by atoms with van der Waals surface area (Å²) in [5.74, 6) is 0. The molecule has 1 aliphatic heterocycles. The summed E-state index contributed by atoms with van der Waals surface area (Å²) >= 11 is 5.77. The Bertz CT molecular complexity index is 585. The molecule has 0 amide bonds. The standard InChI is InChI=1S/C12H12BClF2N2/c1-7-6-8(2)17-12(7)9(3)10-4-5-11(14)18(10)13(15)16/h4-6H,1-3H3/b12-9-. The lowest BCUT2D eigenvalue weighted by Gasteiger charge is -2.10. The molecular formula is C12H12BClF2N2. The molecule has 2 nitrogen and oxygen atoms in total. The maximum atomic E-state index is 12.9. The Morgan fingerprint density at radius 2 is 2.00 bits per heavy atom. The summed E-state index contributed by atoms with van der Waals surface area (Å²) in [7, 11) is -2.66. The highest BCUT2D eigenvalue weighted by Crippen LogP contribution is 2.30. The number of hydrogen-bond donors (Lipinski definition) is 0. The molecule has 0 unspecified atom stereocenters. The summed E-state index contributed by atoms with van der Waals surface area (Å²) in [6.07, 6.45) is 1.93. The van der Waals surface area contributed by atoms with Crippen molar-refractivity contribution in [1.29, 1.82) is 0 Å². The Kier molecular flexibility index (Phi) is 3.44. The highest BCUT2D eigenvalue weighted by Gasteiger charge is 2.25. The van der Waals surface area contributed by atoms with Gasteiger partial charge in [-0.15, -0.1) is 0 Å². The molecule has 0 atom stereocenters. The molecule has 0 N–H and O–H groups in total. The van der Waals surface area contributed by atoms with Crippen molar-refractivity contribution in [2.24, 2.45) is 4.99 Å². The maximum Gasteiger partial charge on any atom is 0.678 e. The zero-order chi connectivity index (χ0) is 13.4. The van der Waals surface area contributed by atoms with Gasteiger partial charge < -0.3 is 4.48 Å². The topological polar surface area (TPSA) is 17.3 Å². The summed E-state index contributed by atoms with van der Waals surface area (Å²) in [6, 6.07) is 3.06. The minimum absolute atomic E-state index is 0.0280. The largest absolute Gasteiger partial charge is 0.678 e. The molecule has 94 valence electrons. The number of allylic oxidation sites excluding steroid dienone is 3. The first kappa shape index (κ1) is 13.1. The second-order valence-corrected chi connectivity index (χ2v) is 4.63. The number of halogens is 3. The lowest BCUT2D eigenvalue weighted by atomic mass is 10.1. The van der Waals surface area contributed by atoms with E-state index >= 15 is 0 Å². The molecule has 0 fully saturated rings. The predicted molar refractivity (Wildman–Crippen MR) is 72.3 cm³/mol. The van der Waals surface area contributed by atoms with Crippen LogP contribution in [0.4, 0.5) is 8.63 Å². The second-order valence-electron chi connectivity index (χ2n) is 4.24. The molecule has 0 aliphatic carbocycles. The molecule has 0 saturated heterocycles. The van der Waals surface area contributed by atoms with Gasteiger partial charge in [0.05, 0.1) is 5.70 Å². The summed E-state index contributed by atoms with van der Waals surface area (Å²) in [6.45, 7) is 5.57. The molecular weight excluding hydrogens is 256 g/mol. The van der Waals surface area contributed by atoms with Crippen molar-refractivity contribution in [3.05, 3.63) is 40.3 Å². The molecule has 2 heterocycles. The molecule has 0 spiro atoms. The Hall–Kier alpha value is -1.36. The van der Waals surface area contributed by atoms with Crippen molar-refractivity contribution in [2.75, 3.05) is 0 Å². The van der Waals surface area contributed by atoms with E-state index in [1.165, 1.54) is 6.07 Å². The zero-order valence-electron chi connectivity index (χ0n) is 10.3. The van der Waals surface area contributed by atoms with Gasteiger partial charge in [-0.05, 0) is 50.1 Å². The third-order valence-electron chi connectivity index (χ3n) is 2.89. The summed E-state index contributed by atoms with van der Waals surface area (Å²) in [5.41, 5.74) is 3.69. The van der Waals surface area contributed by atoms with Crippen LogP contribution in [0.3, 0.4) is 0 Å². The second kappa shape index (κ2) is 4.73. The zero-order valence-corrected chi connectivity index (χ0v) is 11.1. The van der Waals surface area contributed by atoms with Crippen molar-refractivity contribution in [1.82, 2.24) is 4.48 Å². The molecule has 6 heteroatoms. The number of rotatable bonds is 2. The summed E-state index contributed by atoms with van der Waals surface area (Å²) < 4.78 is 26.7. The van der Waals surface area contributed by atoms with Crippen LogP contribution in [0.15, 0.2) is 34.5 Å². The fourth-order valence-electron chi connectivity index (χ4n) is 2.11. The van der Waals surface area contributed by atoms with Crippen LogP contribution in [0.25, 0.3) is 5.57 Å². The normalized spacial score (nSPS) is 17.7. The minimum Gasteiger partial charge on any atom is -0.316 e. The first-order chi connectivity index (χ1) is 8.41. The van der Waals surface area contributed by atoms with E-state index in [4.69, 9.17) is 11.6 Å². The third-order valence-corrected chi connectivity index (χ3v) is 3.20. The van der Waals surface area contributed by atoms with Gasteiger partial charge in [-0.2, -0.15) is 0 Å². The van der Waals surface area contributed by atoms with E-state index in [9.17, 15) is 8.63 Å². The number of aliphatic imine (C=N–C) groups is 1. The number of hydrogen-bond acceptors (Lipinski definition) is 1. The number of nitrogens with zero attached hydrogens (tertiary/aromatic N) is 2. The predicted octanol–water partition coefficient (Wildman–Crippen LogP) is 4.07. The van der Waals surface area contributed by atoms with E-state index in [1.54, 1.807) is 13.0 Å². The molecule has 2 rings (SSSR count). The first-order valence-electron chi connectivity index (χ1n) is 5.52. The van der Waals surface area contributed by atoms with Crippen LogP contribution >= 0.6 is 11.6 Å². The lowest BCUT2D eigenvalue weighted by molar-refractivity contribution is 0.628. The lowest BCUT2D eigenvalue weighted by Crippen LogP contribution is -2.15. The van der Waals surface area contributed by atoms with Crippen LogP contribution in [-0.4, -0.2) is 17.6 Å². The molecule has 1 aromatic rings. The van der Waals surface area contributed by atoms with Crippen LogP contribution in [0.5, 0.6) is 0 Å².